The van der Waals surface area contributed by atoms with Crippen molar-refractivity contribution in [2.45, 2.75) is 92.6 Å². The Morgan fingerprint density at radius 3 is 1.82 bits per heavy atom. The van der Waals surface area contributed by atoms with Gasteiger partial charge in [0.25, 0.3) is 0 Å². The Morgan fingerprint density at radius 2 is 1.32 bits per heavy atom. The maximum atomic E-state index is 12.4. The van der Waals surface area contributed by atoms with Crippen molar-refractivity contribution in [1.29, 1.82) is 0 Å². The molecule has 2 N–H and O–H groups in total. The molecule has 0 aliphatic rings. The van der Waals surface area contributed by atoms with Crippen LogP contribution in [0.25, 0.3) is 0 Å². The van der Waals surface area contributed by atoms with E-state index >= 15 is 0 Å². The molecule has 0 saturated heterocycles. The molecule has 0 aliphatic carbocycles. The van der Waals surface area contributed by atoms with Gasteiger partial charge in [-0.3, -0.25) is 9.59 Å². The number of carbonyl (C=O) groups excluding carboxylic acids is 4. The minimum atomic E-state index is -1.06. The molecule has 0 spiro atoms. The molecule has 0 aromatic heterocycles. The van der Waals surface area contributed by atoms with E-state index in [1.807, 2.05) is 27.7 Å². The predicted molar refractivity (Wildman–Crippen MR) is 138 cm³/mol. The van der Waals surface area contributed by atoms with E-state index in [1.165, 1.54) is 12.1 Å². The molecule has 0 radical (unpaired) electrons. The Labute approximate surface area is 224 Å². The largest absolute Gasteiger partial charge is 0.514 e. The summed E-state index contributed by atoms with van der Waals surface area (Å²) < 4.78 is 31.3. The molecule has 38 heavy (non-hydrogen) atoms. The molecule has 0 amide bonds. The minimum Gasteiger partial charge on any atom is -0.461 e. The van der Waals surface area contributed by atoms with Crippen molar-refractivity contribution in [2.75, 3.05) is 6.61 Å². The topological polar surface area (TPSA) is 150 Å². The third-order valence-electron chi connectivity index (χ3n) is 5.68. The smallest absolute Gasteiger partial charge is 0.461 e. The van der Waals surface area contributed by atoms with Crippen molar-refractivity contribution in [3.63, 3.8) is 0 Å². The highest BCUT2D eigenvalue weighted by atomic mass is 16.8. The maximum absolute atomic E-state index is 12.4. The van der Waals surface area contributed by atoms with Crippen molar-refractivity contribution < 1.29 is 47.6 Å². The fourth-order valence-electron chi connectivity index (χ4n) is 2.63. The Bertz CT molecular complexity index is 946. The summed E-state index contributed by atoms with van der Waals surface area (Å²) in [6, 6.07) is 3.31. The summed E-state index contributed by atoms with van der Waals surface area (Å²) >= 11 is 0. The number of carbonyl (C=O) groups is 4. The Kier molecular flexibility index (Phi) is 13.6. The molecule has 4 atom stereocenters. The Hall–Kier alpha value is -3.34. The number of nitrogens with two attached hydrogens (primary N) is 1. The standard InChI is InChI=1S/C27H41NO10/c1-9-24(29)34-17(6)14-33-25(30)21(28)12-20-10-11-22(37-26(31)35-18(7)15(2)3)23(13-20)38-27(32)36-19(8)16(4)5/h10-11,13,15-19,21H,9,12,14,28H2,1-8H3/t17-,18?,19?,21-/m0/s1. The molecule has 0 heterocycles. The molecule has 1 rings (SSSR count). The van der Waals surface area contributed by atoms with Gasteiger partial charge in [0.1, 0.15) is 31.0 Å². The van der Waals surface area contributed by atoms with Gasteiger partial charge >= 0.3 is 24.2 Å². The van der Waals surface area contributed by atoms with Gasteiger partial charge in [0.2, 0.25) is 0 Å². The van der Waals surface area contributed by atoms with Crippen LogP contribution in [0.3, 0.4) is 0 Å². The van der Waals surface area contributed by atoms with Crippen molar-refractivity contribution in [1.82, 2.24) is 0 Å². The van der Waals surface area contributed by atoms with E-state index in [1.54, 1.807) is 33.8 Å². The third kappa shape index (κ3) is 11.8. The first-order chi connectivity index (χ1) is 17.7. The number of hydrogen-bond acceptors (Lipinski definition) is 11. The van der Waals surface area contributed by atoms with Crippen molar-refractivity contribution in [3.8, 4) is 11.5 Å². The number of esters is 2. The van der Waals surface area contributed by atoms with Crippen LogP contribution < -0.4 is 15.2 Å². The van der Waals surface area contributed by atoms with Crippen LogP contribution in [0.5, 0.6) is 11.5 Å². The van der Waals surface area contributed by atoms with Gasteiger partial charge in [-0.05, 0) is 56.7 Å². The number of benzene rings is 1. The molecule has 0 bridgehead atoms. The summed E-state index contributed by atoms with van der Waals surface area (Å²) in [4.78, 5) is 48.3. The van der Waals surface area contributed by atoms with Crippen LogP contribution in [0, 0.1) is 11.8 Å². The van der Waals surface area contributed by atoms with Crippen LogP contribution in [-0.4, -0.2) is 55.2 Å². The second-order valence-corrected chi connectivity index (χ2v) is 9.71. The zero-order valence-corrected chi connectivity index (χ0v) is 23.5. The predicted octanol–water partition coefficient (Wildman–Crippen LogP) is 4.56. The van der Waals surface area contributed by atoms with E-state index in [9.17, 15) is 19.2 Å². The fraction of sp³-hybridized carbons (Fsp3) is 0.630. The lowest BCUT2D eigenvalue weighted by Gasteiger charge is -2.19. The average Bonchev–Trinajstić information content (AvgIpc) is 2.83. The normalized spacial score (nSPS) is 14.2. The lowest BCUT2D eigenvalue weighted by Crippen LogP contribution is -2.36. The van der Waals surface area contributed by atoms with Gasteiger partial charge in [0.05, 0.1) is 0 Å². The van der Waals surface area contributed by atoms with Crippen LogP contribution in [0.4, 0.5) is 9.59 Å². The van der Waals surface area contributed by atoms with E-state index in [2.05, 4.69) is 0 Å². The zero-order chi connectivity index (χ0) is 29.0. The molecule has 1 aromatic rings. The highest BCUT2D eigenvalue weighted by molar-refractivity contribution is 5.76. The summed E-state index contributed by atoms with van der Waals surface area (Å²) in [5, 5.41) is 0. The summed E-state index contributed by atoms with van der Waals surface area (Å²) in [6.45, 7) is 14.1. The van der Waals surface area contributed by atoms with E-state index in [4.69, 9.17) is 34.2 Å². The van der Waals surface area contributed by atoms with Crippen molar-refractivity contribution in [2.24, 2.45) is 17.6 Å². The fourth-order valence-corrected chi connectivity index (χ4v) is 2.63. The first-order valence-corrected chi connectivity index (χ1v) is 12.7. The molecule has 11 nitrogen and oxygen atoms in total. The van der Waals surface area contributed by atoms with Gasteiger partial charge in [-0.25, -0.2) is 9.59 Å². The molecule has 0 saturated carbocycles. The van der Waals surface area contributed by atoms with E-state index in [0.717, 1.165) is 0 Å². The molecular formula is C27H41NO10. The van der Waals surface area contributed by atoms with E-state index in [-0.39, 0.29) is 42.8 Å². The molecule has 11 heteroatoms. The maximum Gasteiger partial charge on any atom is 0.514 e. The van der Waals surface area contributed by atoms with E-state index < -0.39 is 48.6 Å². The Balaban J connectivity index is 2.98. The lowest BCUT2D eigenvalue weighted by atomic mass is 10.1. The number of ether oxygens (including phenoxy) is 6. The van der Waals surface area contributed by atoms with Gasteiger partial charge in [-0.15, -0.1) is 0 Å². The second kappa shape index (κ2) is 15.8. The highest BCUT2D eigenvalue weighted by Gasteiger charge is 2.23. The van der Waals surface area contributed by atoms with Gasteiger partial charge in [-0.1, -0.05) is 40.7 Å². The monoisotopic (exact) mass is 539 g/mol. The average molecular weight is 540 g/mol. The summed E-state index contributed by atoms with van der Waals surface area (Å²) in [6.07, 6.45) is -3.17. The zero-order valence-electron chi connectivity index (χ0n) is 23.5. The van der Waals surface area contributed by atoms with Crippen LogP contribution in [0.1, 0.15) is 67.4 Å². The summed E-state index contributed by atoms with van der Waals surface area (Å²) in [7, 11) is 0. The van der Waals surface area contributed by atoms with Gasteiger partial charge < -0.3 is 34.2 Å². The molecule has 0 fully saturated rings. The SMILES string of the molecule is CCC(=O)O[C@@H](C)COC(=O)[C@@H](N)Cc1ccc(OC(=O)OC(C)C(C)C)c(OC(=O)OC(C)C(C)C)c1. The van der Waals surface area contributed by atoms with Gasteiger partial charge in [0.15, 0.2) is 11.5 Å². The van der Waals surface area contributed by atoms with Crippen molar-refractivity contribution >= 4 is 24.2 Å². The first-order valence-electron chi connectivity index (χ1n) is 12.7. The summed E-state index contributed by atoms with van der Waals surface area (Å²) in [5.74, 6) is -1.18. The quantitative estimate of drug-likeness (QED) is 0.213. The van der Waals surface area contributed by atoms with Gasteiger partial charge in [0, 0.05) is 6.42 Å². The molecular weight excluding hydrogens is 498 g/mol. The van der Waals surface area contributed by atoms with Gasteiger partial charge in [-0.2, -0.15) is 0 Å². The van der Waals surface area contributed by atoms with Crippen molar-refractivity contribution in [3.05, 3.63) is 23.8 Å². The van der Waals surface area contributed by atoms with E-state index in [0.29, 0.717) is 5.56 Å². The summed E-state index contributed by atoms with van der Waals surface area (Å²) in [5.41, 5.74) is 6.49. The Morgan fingerprint density at radius 1 is 0.789 bits per heavy atom. The number of rotatable bonds is 13. The highest BCUT2D eigenvalue weighted by Crippen LogP contribution is 2.30. The van der Waals surface area contributed by atoms with Crippen LogP contribution in [-0.2, 0) is 35.0 Å². The van der Waals surface area contributed by atoms with Crippen LogP contribution in [0.15, 0.2) is 18.2 Å². The van der Waals surface area contributed by atoms with Crippen LogP contribution >= 0.6 is 0 Å². The molecule has 1 aromatic carbocycles. The third-order valence-corrected chi connectivity index (χ3v) is 5.68. The lowest BCUT2D eigenvalue weighted by molar-refractivity contribution is -0.158. The molecule has 214 valence electrons. The molecule has 2 unspecified atom stereocenters. The molecule has 0 aliphatic heterocycles. The minimum absolute atomic E-state index is 0.0187. The van der Waals surface area contributed by atoms with Crippen LogP contribution in [0.2, 0.25) is 0 Å². The first kappa shape index (κ1) is 32.7. The second-order valence-electron chi connectivity index (χ2n) is 9.71. The number of hydrogen-bond donors (Lipinski definition) is 1.